The first kappa shape index (κ1) is 11.6. The van der Waals surface area contributed by atoms with Crippen LogP contribution in [0.15, 0.2) is 30.6 Å². The maximum absolute atomic E-state index is 5.76. The van der Waals surface area contributed by atoms with Gasteiger partial charge in [-0.3, -0.25) is 4.98 Å². The Morgan fingerprint density at radius 1 is 1.21 bits per heavy atom. The molecule has 0 saturated carbocycles. The number of pyridine rings is 1. The highest BCUT2D eigenvalue weighted by Gasteiger charge is 2.19. The van der Waals surface area contributed by atoms with Crippen LogP contribution in [-0.4, -0.2) is 21.6 Å². The largest absolute Gasteiger partial charge is 0.491 e. The van der Waals surface area contributed by atoms with Crippen LogP contribution >= 0.6 is 0 Å². The van der Waals surface area contributed by atoms with Crippen LogP contribution in [-0.2, 0) is 4.74 Å². The quantitative estimate of drug-likeness (QED) is 0.889. The Balaban J connectivity index is 2.22. The Hall–Kier alpha value is -2.43. The van der Waals surface area contributed by atoms with E-state index in [0.717, 1.165) is 34.7 Å². The van der Waals surface area contributed by atoms with Crippen molar-refractivity contribution in [3.8, 4) is 11.1 Å². The molecule has 0 spiro atoms. The number of nitrogens with zero attached hydrogens (tertiary/aromatic N) is 3. The number of ether oxygens (including phenoxy) is 1. The highest BCUT2D eigenvalue weighted by atomic mass is 16.5. The molecule has 3 heterocycles. The van der Waals surface area contributed by atoms with E-state index in [1.165, 1.54) is 0 Å². The minimum atomic E-state index is 0.265. The van der Waals surface area contributed by atoms with Gasteiger partial charge >= 0.3 is 0 Å². The number of hydrogen-bond donors (Lipinski definition) is 1. The fraction of sp³-hybridized carbons (Fsp3) is 0.214. The summed E-state index contributed by atoms with van der Waals surface area (Å²) in [6, 6.07) is 3.86. The van der Waals surface area contributed by atoms with Gasteiger partial charge in [-0.15, -0.1) is 0 Å². The lowest BCUT2D eigenvalue weighted by Crippen LogP contribution is -2.05. The van der Waals surface area contributed by atoms with E-state index in [-0.39, 0.29) is 5.95 Å². The van der Waals surface area contributed by atoms with Crippen LogP contribution in [0.5, 0.6) is 0 Å². The van der Waals surface area contributed by atoms with Crippen LogP contribution in [0, 0.1) is 6.92 Å². The lowest BCUT2D eigenvalue weighted by atomic mass is 10.0. The van der Waals surface area contributed by atoms with Gasteiger partial charge in [-0.25, -0.2) is 9.97 Å². The lowest BCUT2D eigenvalue weighted by Gasteiger charge is -2.13. The molecule has 5 nitrogen and oxygen atoms in total. The van der Waals surface area contributed by atoms with E-state index in [0.29, 0.717) is 6.61 Å². The fourth-order valence-corrected chi connectivity index (χ4v) is 2.22. The summed E-state index contributed by atoms with van der Waals surface area (Å²) in [7, 11) is 0. The second kappa shape index (κ2) is 4.68. The van der Waals surface area contributed by atoms with Gasteiger partial charge in [-0.1, -0.05) is 0 Å². The molecule has 0 bridgehead atoms. The highest BCUT2D eigenvalue weighted by Crippen LogP contribution is 2.32. The number of hydrogen-bond acceptors (Lipinski definition) is 5. The number of anilines is 1. The van der Waals surface area contributed by atoms with E-state index in [1.54, 1.807) is 12.4 Å². The molecule has 2 N–H and O–H groups in total. The molecule has 5 heteroatoms. The third-order valence-electron chi connectivity index (χ3n) is 3.01. The van der Waals surface area contributed by atoms with Crippen LogP contribution in [0.4, 0.5) is 5.95 Å². The Morgan fingerprint density at radius 2 is 2.00 bits per heavy atom. The Morgan fingerprint density at radius 3 is 2.68 bits per heavy atom. The summed E-state index contributed by atoms with van der Waals surface area (Å²) in [5, 5.41) is 0. The van der Waals surface area contributed by atoms with Crippen LogP contribution in [0.2, 0.25) is 0 Å². The lowest BCUT2D eigenvalue weighted by molar-refractivity contribution is 0.306. The second-order valence-electron chi connectivity index (χ2n) is 4.33. The Kier molecular flexibility index (Phi) is 2.87. The first-order chi connectivity index (χ1) is 9.25. The van der Waals surface area contributed by atoms with Gasteiger partial charge in [0.15, 0.2) is 0 Å². The smallest absolute Gasteiger partial charge is 0.220 e. The highest BCUT2D eigenvalue weighted by molar-refractivity contribution is 5.79. The van der Waals surface area contributed by atoms with Crippen molar-refractivity contribution in [1.82, 2.24) is 15.0 Å². The Bertz CT molecular complexity index is 637. The minimum absolute atomic E-state index is 0.265. The van der Waals surface area contributed by atoms with E-state index in [2.05, 4.69) is 15.0 Å². The van der Waals surface area contributed by atoms with Crippen molar-refractivity contribution in [2.45, 2.75) is 13.3 Å². The summed E-state index contributed by atoms with van der Waals surface area (Å²) in [6.07, 6.45) is 6.43. The van der Waals surface area contributed by atoms with Crippen molar-refractivity contribution in [1.29, 1.82) is 0 Å². The summed E-state index contributed by atoms with van der Waals surface area (Å²) in [5.74, 6) is 1.05. The zero-order valence-corrected chi connectivity index (χ0v) is 10.6. The molecular formula is C14H14N4O. The number of aromatic nitrogens is 3. The molecule has 0 unspecified atom stereocenters. The van der Waals surface area contributed by atoms with Crippen molar-refractivity contribution in [2.75, 3.05) is 12.3 Å². The van der Waals surface area contributed by atoms with Crippen molar-refractivity contribution >= 4 is 11.7 Å². The van der Waals surface area contributed by atoms with Crippen molar-refractivity contribution < 1.29 is 4.74 Å². The van der Waals surface area contributed by atoms with Gasteiger partial charge in [0.25, 0.3) is 0 Å². The molecule has 19 heavy (non-hydrogen) atoms. The topological polar surface area (TPSA) is 73.9 Å². The van der Waals surface area contributed by atoms with Crippen LogP contribution in [0.3, 0.4) is 0 Å². The molecule has 2 aromatic heterocycles. The Labute approximate surface area is 111 Å². The molecule has 0 aromatic carbocycles. The molecule has 0 atom stereocenters. The van der Waals surface area contributed by atoms with E-state index in [9.17, 15) is 0 Å². The monoisotopic (exact) mass is 254 g/mol. The molecule has 0 radical (unpaired) electrons. The van der Waals surface area contributed by atoms with E-state index in [4.69, 9.17) is 10.5 Å². The van der Waals surface area contributed by atoms with Crippen LogP contribution in [0.1, 0.15) is 17.8 Å². The average Bonchev–Trinajstić information content (AvgIpc) is 2.92. The predicted molar refractivity (Wildman–Crippen MR) is 73.0 cm³/mol. The molecule has 1 aliphatic heterocycles. The standard InChI is InChI=1S/C14H14N4O/c1-9-12(10-4-6-16-7-5-10)13(18-14(15)17-9)11-3-2-8-19-11/h3-7H,2,8H2,1H3,(H2,15,17,18). The number of rotatable bonds is 2. The summed E-state index contributed by atoms with van der Waals surface area (Å²) < 4.78 is 5.61. The van der Waals surface area contributed by atoms with E-state index in [1.807, 2.05) is 25.1 Å². The van der Waals surface area contributed by atoms with Gasteiger partial charge in [-0.05, 0) is 30.7 Å². The average molecular weight is 254 g/mol. The SMILES string of the molecule is Cc1nc(N)nc(C2=CCCO2)c1-c1ccncc1. The molecule has 1 aliphatic rings. The van der Waals surface area contributed by atoms with Gasteiger partial charge < -0.3 is 10.5 Å². The molecule has 2 aromatic rings. The molecular weight excluding hydrogens is 240 g/mol. The van der Waals surface area contributed by atoms with Crippen molar-refractivity contribution in [3.63, 3.8) is 0 Å². The minimum Gasteiger partial charge on any atom is -0.491 e. The fourth-order valence-electron chi connectivity index (χ4n) is 2.22. The first-order valence-electron chi connectivity index (χ1n) is 6.13. The van der Waals surface area contributed by atoms with Gasteiger partial charge in [-0.2, -0.15) is 0 Å². The maximum atomic E-state index is 5.76. The zero-order valence-electron chi connectivity index (χ0n) is 10.6. The first-order valence-corrected chi connectivity index (χ1v) is 6.13. The third-order valence-corrected chi connectivity index (χ3v) is 3.01. The van der Waals surface area contributed by atoms with Crippen LogP contribution < -0.4 is 5.73 Å². The van der Waals surface area contributed by atoms with Gasteiger partial charge in [0, 0.05) is 24.4 Å². The third kappa shape index (κ3) is 2.14. The molecule has 0 fully saturated rings. The van der Waals surface area contributed by atoms with E-state index >= 15 is 0 Å². The number of nitrogens with two attached hydrogens (primary N) is 1. The van der Waals surface area contributed by atoms with Crippen molar-refractivity contribution in [3.05, 3.63) is 42.0 Å². The summed E-state index contributed by atoms with van der Waals surface area (Å²) in [6.45, 7) is 2.61. The number of aryl methyl sites for hydroxylation is 1. The second-order valence-corrected chi connectivity index (χ2v) is 4.33. The molecule has 0 saturated heterocycles. The van der Waals surface area contributed by atoms with Crippen LogP contribution in [0.25, 0.3) is 16.9 Å². The molecule has 3 rings (SSSR count). The van der Waals surface area contributed by atoms with Gasteiger partial charge in [0.1, 0.15) is 11.5 Å². The summed E-state index contributed by atoms with van der Waals surface area (Å²) >= 11 is 0. The maximum Gasteiger partial charge on any atom is 0.220 e. The zero-order chi connectivity index (χ0) is 13.2. The normalized spacial score (nSPS) is 14.1. The summed E-state index contributed by atoms with van der Waals surface area (Å²) in [4.78, 5) is 12.6. The predicted octanol–water partition coefficient (Wildman–Crippen LogP) is 2.19. The van der Waals surface area contributed by atoms with Gasteiger partial charge in [0.2, 0.25) is 5.95 Å². The van der Waals surface area contributed by atoms with E-state index < -0.39 is 0 Å². The molecule has 0 amide bonds. The van der Waals surface area contributed by atoms with Crippen molar-refractivity contribution in [2.24, 2.45) is 0 Å². The number of nitrogen functional groups attached to an aromatic ring is 1. The molecule has 0 aliphatic carbocycles. The molecule has 96 valence electrons. The summed E-state index contributed by atoms with van der Waals surface area (Å²) in [5.41, 5.74) is 9.31. The van der Waals surface area contributed by atoms with Gasteiger partial charge in [0.05, 0.1) is 12.3 Å².